The number of nitrogens with two attached hydrogens (primary N) is 1. The summed E-state index contributed by atoms with van der Waals surface area (Å²) in [5.41, 5.74) is 7.03. The Hall–Kier alpha value is -1.02. The van der Waals surface area contributed by atoms with Crippen molar-refractivity contribution in [3.05, 3.63) is 35.9 Å². The minimum Gasteiger partial charge on any atom is -0.340 e. The Morgan fingerprint density at radius 2 is 1.64 bits per heavy atom. The molecule has 4 nitrogen and oxygen atoms in total. The number of piperazine rings is 1. The Bertz CT molecular complexity index is 523. The molecule has 1 aliphatic rings. The van der Waals surface area contributed by atoms with Gasteiger partial charge in [-0.1, -0.05) is 37.3 Å². The average Bonchev–Trinajstić information content (AvgIpc) is 2.53. The van der Waals surface area contributed by atoms with Gasteiger partial charge in [0.15, 0.2) is 0 Å². The van der Waals surface area contributed by atoms with Crippen molar-refractivity contribution in [3.8, 4) is 0 Å². The summed E-state index contributed by atoms with van der Waals surface area (Å²) in [6.45, 7) is 1.93. The maximum atomic E-state index is 12.5. The topological polar surface area (TPSA) is 49.6 Å². The van der Waals surface area contributed by atoms with Gasteiger partial charge >= 0.3 is 6.18 Å². The molecule has 1 aliphatic heterocycles. The fraction of sp³-hybridized carbons (Fsp3) is 0.562. The van der Waals surface area contributed by atoms with Crippen molar-refractivity contribution in [1.29, 1.82) is 0 Å². The molecule has 2 N–H and O–H groups in total. The second-order valence-corrected chi connectivity index (χ2v) is 5.94. The molecule has 0 saturated carbocycles. The lowest BCUT2D eigenvalue weighted by Gasteiger charge is -2.37. The highest BCUT2D eigenvalue weighted by molar-refractivity contribution is 5.85. The normalized spacial score (nSPS) is 17.9. The lowest BCUT2D eigenvalue weighted by molar-refractivity contribution is -0.152. The highest BCUT2D eigenvalue weighted by Crippen LogP contribution is 2.22. The Labute approximate surface area is 158 Å². The van der Waals surface area contributed by atoms with Crippen LogP contribution in [0, 0.1) is 5.92 Å². The minimum atomic E-state index is -4.20. The van der Waals surface area contributed by atoms with Crippen LogP contribution in [0.3, 0.4) is 0 Å². The van der Waals surface area contributed by atoms with Crippen LogP contribution < -0.4 is 5.73 Å². The number of benzene rings is 1. The van der Waals surface area contributed by atoms with Crippen LogP contribution in [-0.4, -0.2) is 54.6 Å². The Balaban J connectivity index is 0.00000288. The third kappa shape index (κ3) is 7.01. The largest absolute Gasteiger partial charge is 0.401 e. The van der Waals surface area contributed by atoms with Crippen LogP contribution in [0.1, 0.15) is 18.5 Å². The van der Waals surface area contributed by atoms with Gasteiger partial charge in [0.05, 0.1) is 12.5 Å². The molecular formula is C16H24Cl2F3N3O. The molecule has 1 heterocycles. The van der Waals surface area contributed by atoms with Crippen LogP contribution in [0.2, 0.25) is 0 Å². The third-order valence-electron chi connectivity index (χ3n) is 4.20. The van der Waals surface area contributed by atoms with E-state index in [-0.39, 0.29) is 43.8 Å². The zero-order chi connectivity index (χ0) is 17.0. The van der Waals surface area contributed by atoms with Crippen LogP contribution in [0.4, 0.5) is 13.2 Å². The van der Waals surface area contributed by atoms with Crippen LogP contribution in [0.25, 0.3) is 0 Å². The molecule has 1 amide bonds. The number of nitrogens with zero attached hydrogens (tertiary/aromatic N) is 2. The molecule has 1 fully saturated rings. The first kappa shape index (κ1) is 24.0. The Morgan fingerprint density at radius 3 is 2.12 bits per heavy atom. The van der Waals surface area contributed by atoms with Gasteiger partial charge in [0, 0.05) is 32.2 Å². The summed E-state index contributed by atoms with van der Waals surface area (Å²) in [7, 11) is 0. The van der Waals surface area contributed by atoms with Gasteiger partial charge in [-0.05, 0) is 5.56 Å². The molecule has 9 heteroatoms. The molecular weight excluding hydrogens is 378 g/mol. The van der Waals surface area contributed by atoms with E-state index in [9.17, 15) is 18.0 Å². The SMILES string of the molecule is CC(C(=O)N1CCN(CC(F)(F)F)CC1)C(N)c1ccccc1.Cl.Cl. The predicted molar refractivity (Wildman–Crippen MR) is 96.1 cm³/mol. The molecule has 2 unspecified atom stereocenters. The van der Waals surface area contributed by atoms with Crippen molar-refractivity contribution >= 4 is 30.7 Å². The number of amides is 1. The lowest BCUT2D eigenvalue weighted by Crippen LogP contribution is -2.52. The maximum Gasteiger partial charge on any atom is 0.401 e. The highest BCUT2D eigenvalue weighted by atomic mass is 35.5. The zero-order valence-corrected chi connectivity index (χ0v) is 15.5. The fourth-order valence-electron chi connectivity index (χ4n) is 2.79. The van der Waals surface area contributed by atoms with Crippen molar-refractivity contribution in [2.24, 2.45) is 11.7 Å². The molecule has 0 bridgehead atoms. The molecule has 1 aromatic carbocycles. The molecule has 2 rings (SSSR count). The monoisotopic (exact) mass is 401 g/mol. The summed E-state index contributed by atoms with van der Waals surface area (Å²) in [6.07, 6.45) is -4.20. The summed E-state index contributed by atoms with van der Waals surface area (Å²) in [6, 6.07) is 8.93. The average molecular weight is 402 g/mol. The summed E-state index contributed by atoms with van der Waals surface area (Å²) < 4.78 is 37.1. The second kappa shape index (κ2) is 10.2. The highest BCUT2D eigenvalue weighted by Gasteiger charge is 2.34. The van der Waals surface area contributed by atoms with Gasteiger partial charge in [-0.25, -0.2) is 0 Å². The van der Waals surface area contributed by atoms with Gasteiger partial charge in [-0.2, -0.15) is 13.2 Å². The third-order valence-corrected chi connectivity index (χ3v) is 4.20. The first-order chi connectivity index (χ1) is 10.8. The zero-order valence-electron chi connectivity index (χ0n) is 13.9. The smallest absolute Gasteiger partial charge is 0.340 e. The molecule has 2 atom stereocenters. The molecule has 25 heavy (non-hydrogen) atoms. The first-order valence-electron chi connectivity index (χ1n) is 7.66. The maximum absolute atomic E-state index is 12.5. The van der Waals surface area contributed by atoms with Gasteiger partial charge in [-0.15, -0.1) is 24.8 Å². The number of halogens is 5. The van der Waals surface area contributed by atoms with Crippen molar-refractivity contribution < 1.29 is 18.0 Å². The van der Waals surface area contributed by atoms with E-state index in [2.05, 4.69) is 0 Å². The van der Waals surface area contributed by atoms with E-state index >= 15 is 0 Å². The van der Waals surface area contributed by atoms with E-state index < -0.39 is 24.7 Å². The number of carbonyl (C=O) groups is 1. The number of rotatable bonds is 4. The standard InChI is InChI=1S/C16H22F3N3O.2ClH/c1-12(14(20)13-5-3-2-4-6-13)15(23)22-9-7-21(8-10-22)11-16(17,18)19;;/h2-6,12,14H,7-11,20H2,1H3;2*1H. The van der Waals surface area contributed by atoms with Gasteiger partial charge in [-0.3, -0.25) is 9.69 Å². The molecule has 0 radical (unpaired) electrons. The summed E-state index contributed by atoms with van der Waals surface area (Å²) in [5.74, 6) is -0.514. The number of alkyl halides is 3. The Kier molecular flexibility index (Phi) is 9.79. The molecule has 144 valence electrons. The van der Waals surface area contributed by atoms with Gasteiger partial charge in [0.1, 0.15) is 0 Å². The van der Waals surface area contributed by atoms with Crippen LogP contribution in [0.5, 0.6) is 0 Å². The van der Waals surface area contributed by atoms with Gasteiger partial charge in [0.2, 0.25) is 5.91 Å². The Morgan fingerprint density at radius 1 is 1.12 bits per heavy atom. The summed E-state index contributed by atoms with van der Waals surface area (Å²) >= 11 is 0. The van der Waals surface area contributed by atoms with Crippen molar-refractivity contribution in [1.82, 2.24) is 9.80 Å². The van der Waals surface area contributed by atoms with E-state index in [0.29, 0.717) is 13.1 Å². The lowest BCUT2D eigenvalue weighted by atomic mass is 9.94. The number of hydrogen-bond donors (Lipinski definition) is 1. The molecule has 1 aromatic rings. The van der Waals surface area contributed by atoms with Crippen molar-refractivity contribution in [2.45, 2.75) is 19.1 Å². The number of hydrogen-bond acceptors (Lipinski definition) is 3. The summed E-state index contributed by atoms with van der Waals surface area (Å²) in [4.78, 5) is 15.4. The van der Waals surface area contributed by atoms with E-state index in [1.807, 2.05) is 30.3 Å². The number of carbonyl (C=O) groups excluding carboxylic acids is 1. The second-order valence-electron chi connectivity index (χ2n) is 5.94. The fourth-order valence-corrected chi connectivity index (χ4v) is 2.79. The van der Waals surface area contributed by atoms with E-state index in [0.717, 1.165) is 5.56 Å². The van der Waals surface area contributed by atoms with E-state index in [1.165, 1.54) is 4.90 Å². The quantitative estimate of drug-likeness (QED) is 0.843. The van der Waals surface area contributed by atoms with Crippen LogP contribution in [-0.2, 0) is 4.79 Å². The molecule has 0 aromatic heterocycles. The molecule has 0 spiro atoms. The van der Waals surface area contributed by atoms with Crippen LogP contribution in [0.15, 0.2) is 30.3 Å². The van der Waals surface area contributed by atoms with Crippen molar-refractivity contribution in [3.63, 3.8) is 0 Å². The molecule has 0 aliphatic carbocycles. The van der Waals surface area contributed by atoms with Gasteiger partial charge < -0.3 is 10.6 Å². The molecule has 1 saturated heterocycles. The van der Waals surface area contributed by atoms with E-state index in [4.69, 9.17) is 5.73 Å². The van der Waals surface area contributed by atoms with Crippen LogP contribution >= 0.6 is 24.8 Å². The van der Waals surface area contributed by atoms with E-state index in [1.54, 1.807) is 11.8 Å². The van der Waals surface area contributed by atoms with Gasteiger partial charge in [0.25, 0.3) is 0 Å². The minimum absolute atomic E-state index is 0. The first-order valence-corrected chi connectivity index (χ1v) is 7.66. The van der Waals surface area contributed by atoms with Crippen molar-refractivity contribution in [2.75, 3.05) is 32.7 Å². The summed E-state index contributed by atoms with van der Waals surface area (Å²) in [5, 5.41) is 0. The predicted octanol–water partition coefficient (Wildman–Crippen LogP) is 2.87.